The van der Waals surface area contributed by atoms with E-state index in [0.29, 0.717) is 12.1 Å². The average molecular weight is 325 g/mol. The van der Waals surface area contributed by atoms with Crippen LogP contribution in [-0.4, -0.2) is 23.8 Å². The van der Waals surface area contributed by atoms with Crippen LogP contribution in [-0.2, 0) is 9.53 Å². The molecule has 2 rings (SSSR count). The number of anilines is 1. The van der Waals surface area contributed by atoms with Crippen molar-refractivity contribution in [3.8, 4) is 11.1 Å². The molecular formula is C19H19NO4. The van der Waals surface area contributed by atoms with Gasteiger partial charge in [0.25, 0.3) is 0 Å². The number of hydrogen-bond acceptors (Lipinski definition) is 3. The molecule has 1 amide bonds. The van der Waals surface area contributed by atoms with Crippen molar-refractivity contribution in [3.63, 3.8) is 0 Å². The largest absolute Gasteiger partial charge is 0.478 e. The molecule has 5 nitrogen and oxygen atoms in total. The third-order valence-corrected chi connectivity index (χ3v) is 3.41. The van der Waals surface area contributed by atoms with E-state index in [-0.39, 0.29) is 18.6 Å². The van der Waals surface area contributed by atoms with E-state index in [2.05, 4.69) is 11.9 Å². The first-order valence-electron chi connectivity index (χ1n) is 7.57. The number of para-hydroxylation sites is 1. The molecule has 2 N–H and O–H groups in total. The highest BCUT2D eigenvalue weighted by molar-refractivity contribution is 5.91. The maximum atomic E-state index is 11.9. The Labute approximate surface area is 140 Å². The van der Waals surface area contributed by atoms with Gasteiger partial charge in [-0.25, -0.2) is 9.59 Å². The van der Waals surface area contributed by atoms with Gasteiger partial charge in [0.2, 0.25) is 0 Å². The summed E-state index contributed by atoms with van der Waals surface area (Å²) >= 11 is 0. The number of ether oxygens (including phenoxy) is 1. The first-order chi connectivity index (χ1) is 11.6. The highest BCUT2D eigenvalue weighted by Gasteiger charge is 2.09. The van der Waals surface area contributed by atoms with Gasteiger partial charge in [-0.1, -0.05) is 55.1 Å². The molecule has 5 heteroatoms. The number of amides is 1. The van der Waals surface area contributed by atoms with Crippen LogP contribution in [0.4, 0.5) is 10.5 Å². The topological polar surface area (TPSA) is 75.6 Å². The lowest BCUT2D eigenvalue weighted by atomic mass is 10.0. The number of nitrogens with one attached hydrogen (secondary N) is 1. The summed E-state index contributed by atoms with van der Waals surface area (Å²) in [6, 6.07) is 17.2. The Bertz CT molecular complexity index is 725. The fourth-order valence-corrected chi connectivity index (χ4v) is 2.16. The van der Waals surface area contributed by atoms with Crippen molar-refractivity contribution in [1.29, 1.82) is 0 Å². The minimum atomic E-state index is -1.03. The van der Waals surface area contributed by atoms with Gasteiger partial charge >= 0.3 is 12.1 Å². The second-order valence-electron chi connectivity index (χ2n) is 5.18. The molecule has 2 aromatic rings. The number of rotatable bonds is 7. The molecule has 0 radical (unpaired) electrons. The zero-order valence-electron chi connectivity index (χ0n) is 13.2. The average Bonchev–Trinajstić information content (AvgIpc) is 2.59. The predicted octanol–water partition coefficient (Wildman–Crippen LogP) is 4.32. The lowest BCUT2D eigenvalue weighted by Crippen LogP contribution is -2.15. The van der Waals surface area contributed by atoms with E-state index in [1.807, 2.05) is 48.5 Å². The highest BCUT2D eigenvalue weighted by atomic mass is 16.5. The second kappa shape index (κ2) is 8.53. The van der Waals surface area contributed by atoms with Crippen LogP contribution < -0.4 is 5.32 Å². The first kappa shape index (κ1) is 17.3. The summed E-state index contributed by atoms with van der Waals surface area (Å²) in [7, 11) is 0. The fourth-order valence-electron chi connectivity index (χ4n) is 2.16. The Morgan fingerprint density at radius 1 is 1.04 bits per heavy atom. The van der Waals surface area contributed by atoms with E-state index in [4.69, 9.17) is 9.84 Å². The molecule has 0 aliphatic rings. The standard InChI is InChI=1S/C19H19NO4/c1-14(18(21)22)8-7-13-24-19(23)20-17-12-6-5-11-16(17)15-9-3-2-4-10-15/h2-6,9-12H,1,7-8,13H2,(H,20,23)(H,21,22). The zero-order chi connectivity index (χ0) is 17.4. The smallest absolute Gasteiger partial charge is 0.411 e. The van der Waals surface area contributed by atoms with Crippen LogP contribution in [0, 0.1) is 0 Å². The Hall–Kier alpha value is -3.08. The van der Waals surface area contributed by atoms with E-state index >= 15 is 0 Å². The molecule has 0 saturated heterocycles. The predicted molar refractivity (Wildman–Crippen MR) is 92.9 cm³/mol. The van der Waals surface area contributed by atoms with E-state index in [0.717, 1.165) is 11.1 Å². The van der Waals surface area contributed by atoms with Gasteiger partial charge in [-0.15, -0.1) is 0 Å². The monoisotopic (exact) mass is 325 g/mol. The van der Waals surface area contributed by atoms with Gasteiger partial charge in [0, 0.05) is 11.1 Å². The first-order valence-corrected chi connectivity index (χ1v) is 7.57. The van der Waals surface area contributed by atoms with Crippen molar-refractivity contribution in [2.75, 3.05) is 11.9 Å². The van der Waals surface area contributed by atoms with Crippen molar-refractivity contribution in [2.45, 2.75) is 12.8 Å². The number of benzene rings is 2. The molecule has 0 spiro atoms. The summed E-state index contributed by atoms with van der Waals surface area (Å²) in [6.45, 7) is 3.56. The van der Waals surface area contributed by atoms with E-state index in [1.54, 1.807) is 6.07 Å². The van der Waals surface area contributed by atoms with Crippen LogP contribution in [0.25, 0.3) is 11.1 Å². The second-order valence-corrected chi connectivity index (χ2v) is 5.18. The van der Waals surface area contributed by atoms with Crippen molar-refractivity contribution in [1.82, 2.24) is 0 Å². The maximum absolute atomic E-state index is 11.9. The summed E-state index contributed by atoms with van der Waals surface area (Å²) in [5.41, 5.74) is 2.65. The van der Waals surface area contributed by atoms with Gasteiger partial charge < -0.3 is 9.84 Å². The summed E-state index contributed by atoms with van der Waals surface area (Å²) in [5, 5.41) is 11.4. The van der Waals surface area contributed by atoms with Crippen LogP contribution in [0.1, 0.15) is 12.8 Å². The van der Waals surface area contributed by atoms with Crippen molar-refractivity contribution >= 4 is 17.7 Å². The lowest BCUT2D eigenvalue weighted by Gasteiger charge is -2.11. The minimum Gasteiger partial charge on any atom is -0.478 e. The van der Waals surface area contributed by atoms with Crippen LogP contribution >= 0.6 is 0 Å². The number of carbonyl (C=O) groups is 2. The molecule has 0 saturated carbocycles. The molecule has 124 valence electrons. The Morgan fingerprint density at radius 3 is 2.42 bits per heavy atom. The maximum Gasteiger partial charge on any atom is 0.411 e. The number of carboxylic acid groups (broad SMARTS) is 1. The third kappa shape index (κ3) is 4.98. The molecule has 0 atom stereocenters. The van der Waals surface area contributed by atoms with Gasteiger partial charge in [0.15, 0.2) is 0 Å². The quantitative estimate of drug-likeness (QED) is 0.587. The normalized spacial score (nSPS) is 10.0. The van der Waals surface area contributed by atoms with Gasteiger partial charge in [-0.3, -0.25) is 5.32 Å². The Balaban J connectivity index is 1.91. The highest BCUT2D eigenvalue weighted by Crippen LogP contribution is 2.27. The zero-order valence-corrected chi connectivity index (χ0v) is 13.2. The molecule has 0 unspecified atom stereocenters. The molecular weight excluding hydrogens is 306 g/mol. The van der Waals surface area contributed by atoms with Gasteiger partial charge in [-0.2, -0.15) is 0 Å². The third-order valence-electron chi connectivity index (χ3n) is 3.41. The van der Waals surface area contributed by atoms with Crippen molar-refractivity contribution in [3.05, 3.63) is 66.7 Å². The fraction of sp³-hybridized carbons (Fsp3) is 0.158. The van der Waals surface area contributed by atoms with Crippen molar-refractivity contribution < 1.29 is 19.4 Å². The molecule has 0 aliphatic heterocycles. The molecule has 0 bridgehead atoms. The molecule has 24 heavy (non-hydrogen) atoms. The van der Waals surface area contributed by atoms with E-state index in [1.165, 1.54) is 0 Å². The number of aliphatic carboxylic acids is 1. The summed E-state index contributed by atoms with van der Waals surface area (Å²) in [6.07, 6.45) is 0.126. The van der Waals surface area contributed by atoms with Crippen molar-refractivity contribution in [2.24, 2.45) is 0 Å². The Kier molecular flexibility index (Phi) is 6.14. The van der Waals surface area contributed by atoms with Gasteiger partial charge in [-0.05, 0) is 24.5 Å². The van der Waals surface area contributed by atoms with E-state index in [9.17, 15) is 9.59 Å². The van der Waals surface area contributed by atoms with Crippen LogP contribution in [0.5, 0.6) is 0 Å². The van der Waals surface area contributed by atoms with Crippen LogP contribution in [0.2, 0.25) is 0 Å². The number of carbonyl (C=O) groups excluding carboxylic acids is 1. The van der Waals surface area contributed by atoms with Crippen LogP contribution in [0.3, 0.4) is 0 Å². The van der Waals surface area contributed by atoms with Crippen LogP contribution in [0.15, 0.2) is 66.7 Å². The molecule has 0 aromatic heterocycles. The molecule has 0 aliphatic carbocycles. The molecule has 2 aromatic carbocycles. The molecule has 0 heterocycles. The summed E-state index contributed by atoms with van der Waals surface area (Å²) in [5.74, 6) is -1.03. The Morgan fingerprint density at radius 2 is 1.71 bits per heavy atom. The summed E-state index contributed by atoms with van der Waals surface area (Å²) < 4.78 is 5.08. The van der Waals surface area contributed by atoms with Gasteiger partial charge in [0.1, 0.15) is 0 Å². The molecule has 0 fully saturated rings. The lowest BCUT2D eigenvalue weighted by molar-refractivity contribution is -0.132. The van der Waals surface area contributed by atoms with Gasteiger partial charge in [0.05, 0.1) is 12.3 Å². The number of hydrogen-bond donors (Lipinski definition) is 2. The summed E-state index contributed by atoms with van der Waals surface area (Å²) in [4.78, 5) is 22.5. The minimum absolute atomic E-state index is 0.105. The van der Waals surface area contributed by atoms with E-state index < -0.39 is 12.1 Å². The number of carboxylic acids is 1. The SMILES string of the molecule is C=C(CCCOC(=O)Nc1ccccc1-c1ccccc1)C(=O)O.